The topological polar surface area (TPSA) is 47.6 Å². The van der Waals surface area contributed by atoms with Crippen molar-refractivity contribution in [1.82, 2.24) is 0 Å². The predicted octanol–water partition coefficient (Wildman–Crippen LogP) is 4.70. The molecule has 0 saturated carbocycles. The molecule has 2 aromatic carbocycles. The van der Waals surface area contributed by atoms with E-state index in [9.17, 15) is 0 Å². The molecule has 1 unspecified atom stereocenters. The summed E-state index contributed by atoms with van der Waals surface area (Å²) in [6, 6.07) is 18.5. The van der Waals surface area contributed by atoms with Gasteiger partial charge in [-0.05, 0) is 35.3 Å². The second kappa shape index (κ2) is 6.04. The fraction of sp³-hybridized carbons (Fsp3) is 0.222. The zero-order valence-corrected chi connectivity index (χ0v) is 11.7. The first-order chi connectivity index (χ1) is 9.71. The van der Waals surface area contributed by atoms with Crippen LogP contribution in [0.25, 0.3) is 10.8 Å². The second-order valence-corrected chi connectivity index (χ2v) is 4.85. The maximum Gasteiger partial charge on any atom is 0.129 e. The Morgan fingerprint density at radius 3 is 2.30 bits per heavy atom. The zero-order valence-electron chi connectivity index (χ0n) is 11.7. The van der Waals surface area contributed by atoms with E-state index in [1.807, 2.05) is 31.2 Å². The van der Waals surface area contributed by atoms with E-state index in [0.717, 1.165) is 17.6 Å². The molecular formula is C18H16N2. The number of hydrogen-bond acceptors (Lipinski definition) is 2. The Hall–Kier alpha value is -2.58. The van der Waals surface area contributed by atoms with Gasteiger partial charge < -0.3 is 0 Å². The number of nitriles is 2. The monoisotopic (exact) mass is 260 g/mol. The van der Waals surface area contributed by atoms with E-state index in [-0.39, 0.29) is 11.5 Å². The number of fused-ring (bicyclic) bond motifs is 1. The summed E-state index contributed by atoms with van der Waals surface area (Å²) in [4.78, 5) is 0. The molecule has 0 heterocycles. The molecule has 0 radical (unpaired) electrons. The Balaban J connectivity index is 2.53. The summed E-state index contributed by atoms with van der Waals surface area (Å²) < 4.78 is 0. The minimum absolute atomic E-state index is 0.119. The number of allylic oxidation sites excluding steroid dienone is 2. The third-order valence-electron chi connectivity index (χ3n) is 3.72. The van der Waals surface area contributed by atoms with Gasteiger partial charge in [0.2, 0.25) is 0 Å². The lowest BCUT2D eigenvalue weighted by atomic mass is 9.86. The molecule has 2 heteroatoms. The van der Waals surface area contributed by atoms with Crippen LogP contribution in [-0.4, -0.2) is 0 Å². The van der Waals surface area contributed by atoms with Crippen LogP contribution >= 0.6 is 0 Å². The van der Waals surface area contributed by atoms with Gasteiger partial charge in [-0.25, -0.2) is 0 Å². The highest BCUT2D eigenvalue weighted by molar-refractivity contribution is 5.83. The van der Waals surface area contributed by atoms with Crippen LogP contribution in [0.5, 0.6) is 0 Å². The minimum atomic E-state index is 0.119. The van der Waals surface area contributed by atoms with Crippen LogP contribution in [0.1, 0.15) is 31.7 Å². The van der Waals surface area contributed by atoms with Crippen molar-refractivity contribution in [3.8, 4) is 12.1 Å². The molecule has 0 N–H and O–H groups in total. The van der Waals surface area contributed by atoms with Gasteiger partial charge in [0.1, 0.15) is 17.7 Å². The Morgan fingerprint density at radius 1 is 1.05 bits per heavy atom. The van der Waals surface area contributed by atoms with Crippen LogP contribution in [0.2, 0.25) is 0 Å². The van der Waals surface area contributed by atoms with Crippen molar-refractivity contribution in [3.05, 3.63) is 59.2 Å². The second-order valence-electron chi connectivity index (χ2n) is 4.85. The number of rotatable bonds is 3. The zero-order chi connectivity index (χ0) is 14.5. The minimum Gasteiger partial charge on any atom is -0.192 e. The third-order valence-corrected chi connectivity index (χ3v) is 3.72. The van der Waals surface area contributed by atoms with Crippen molar-refractivity contribution >= 4 is 10.8 Å². The van der Waals surface area contributed by atoms with Crippen molar-refractivity contribution < 1.29 is 0 Å². The molecule has 0 aromatic heterocycles. The lowest BCUT2D eigenvalue weighted by Crippen LogP contribution is -2.01. The third kappa shape index (κ3) is 2.56. The quantitative estimate of drug-likeness (QED) is 0.751. The van der Waals surface area contributed by atoms with Crippen LogP contribution in [-0.2, 0) is 0 Å². The molecule has 0 bridgehead atoms. The smallest absolute Gasteiger partial charge is 0.129 e. The summed E-state index contributed by atoms with van der Waals surface area (Å²) in [5.74, 6) is 0.119. The Morgan fingerprint density at radius 2 is 1.70 bits per heavy atom. The van der Waals surface area contributed by atoms with Gasteiger partial charge in [0, 0.05) is 5.92 Å². The van der Waals surface area contributed by atoms with Gasteiger partial charge >= 0.3 is 0 Å². The fourth-order valence-corrected chi connectivity index (χ4v) is 2.59. The van der Waals surface area contributed by atoms with Crippen molar-refractivity contribution in [3.63, 3.8) is 0 Å². The molecule has 0 amide bonds. The normalized spacial score (nSPS) is 11.4. The highest BCUT2D eigenvalue weighted by Crippen LogP contribution is 2.31. The summed E-state index contributed by atoms with van der Waals surface area (Å²) in [6.45, 7) is 3.96. The van der Waals surface area contributed by atoms with Gasteiger partial charge in [-0.15, -0.1) is 0 Å². The van der Waals surface area contributed by atoms with E-state index in [1.54, 1.807) is 0 Å². The highest BCUT2D eigenvalue weighted by atomic mass is 14.3. The van der Waals surface area contributed by atoms with Gasteiger partial charge in [0.15, 0.2) is 0 Å². The fourth-order valence-electron chi connectivity index (χ4n) is 2.59. The average Bonchev–Trinajstić information content (AvgIpc) is 2.49. The van der Waals surface area contributed by atoms with Crippen molar-refractivity contribution in [1.29, 1.82) is 10.5 Å². The molecule has 0 aliphatic heterocycles. The molecule has 2 rings (SSSR count). The van der Waals surface area contributed by atoms with Crippen LogP contribution < -0.4 is 0 Å². The molecular weight excluding hydrogens is 244 g/mol. The van der Waals surface area contributed by atoms with E-state index in [2.05, 4.69) is 37.3 Å². The van der Waals surface area contributed by atoms with E-state index in [0.29, 0.717) is 0 Å². The Kier molecular flexibility index (Phi) is 4.18. The van der Waals surface area contributed by atoms with Crippen LogP contribution in [0, 0.1) is 22.7 Å². The number of benzene rings is 2. The summed E-state index contributed by atoms with van der Waals surface area (Å²) in [7, 11) is 0. The van der Waals surface area contributed by atoms with Gasteiger partial charge in [-0.1, -0.05) is 49.4 Å². The molecule has 0 fully saturated rings. The van der Waals surface area contributed by atoms with E-state index in [1.165, 1.54) is 10.8 Å². The molecule has 20 heavy (non-hydrogen) atoms. The van der Waals surface area contributed by atoms with Gasteiger partial charge in [0.25, 0.3) is 0 Å². The van der Waals surface area contributed by atoms with Gasteiger partial charge in [-0.2, -0.15) is 10.5 Å². The first-order valence-electron chi connectivity index (χ1n) is 6.71. The Bertz CT molecular complexity index is 726. The molecule has 2 aromatic rings. The van der Waals surface area contributed by atoms with Crippen molar-refractivity contribution in [2.75, 3.05) is 0 Å². The standard InChI is InChI=1S/C18H16N2/c1-3-18(13(2)17(11-19)12-20)16-9-8-14-6-4-5-7-15(14)10-16/h4-10,18H,3H2,1-2H3. The Labute approximate surface area is 119 Å². The largest absolute Gasteiger partial charge is 0.192 e. The summed E-state index contributed by atoms with van der Waals surface area (Å²) >= 11 is 0. The molecule has 2 nitrogen and oxygen atoms in total. The van der Waals surface area contributed by atoms with Gasteiger partial charge in [0.05, 0.1) is 0 Å². The van der Waals surface area contributed by atoms with Crippen LogP contribution in [0.15, 0.2) is 53.6 Å². The molecule has 98 valence electrons. The van der Waals surface area contributed by atoms with Crippen LogP contribution in [0.3, 0.4) is 0 Å². The van der Waals surface area contributed by atoms with Crippen LogP contribution in [0.4, 0.5) is 0 Å². The first kappa shape index (κ1) is 13.8. The molecule has 0 saturated heterocycles. The van der Waals surface area contributed by atoms with E-state index >= 15 is 0 Å². The van der Waals surface area contributed by atoms with Gasteiger partial charge in [-0.3, -0.25) is 0 Å². The highest BCUT2D eigenvalue weighted by Gasteiger charge is 2.15. The molecule has 0 aliphatic carbocycles. The maximum atomic E-state index is 9.03. The lowest BCUT2D eigenvalue weighted by Gasteiger charge is -2.17. The number of nitrogens with zero attached hydrogens (tertiary/aromatic N) is 2. The molecule has 0 spiro atoms. The summed E-state index contributed by atoms with van der Waals surface area (Å²) in [6.07, 6.45) is 0.872. The predicted molar refractivity (Wildman–Crippen MR) is 80.9 cm³/mol. The van der Waals surface area contributed by atoms with Crippen molar-refractivity contribution in [2.24, 2.45) is 0 Å². The summed E-state index contributed by atoms with van der Waals surface area (Å²) in [5.41, 5.74) is 2.24. The lowest BCUT2D eigenvalue weighted by molar-refractivity contribution is 0.757. The molecule has 1 atom stereocenters. The van der Waals surface area contributed by atoms with E-state index in [4.69, 9.17) is 10.5 Å². The molecule has 0 aliphatic rings. The first-order valence-corrected chi connectivity index (χ1v) is 6.71. The summed E-state index contributed by atoms with van der Waals surface area (Å²) in [5, 5.41) is 20.4. The number of hydrogen-bond donors (Lipinski definition) is 0. The van der Waals surface area contributed by atoms with E-state index < -0.39 is 0 Å². The van der Waals surface area contributed by atoms with Crippen molar-refractivity contribution in [2.45, 2.75) is 26.2 Å². The SMILES string of the molecule is CCC(C(C)=C(C#N)C#N)c1ccc2ccccc2c1. The maximum absolute atomic E-state index is 9.03. The average molecular weight is 260 g/mol.